The zero-order valence-electron chi connectivity index (χ0n) is 12.1. The van der Waals surface area contributed by atoms with Crippen molar-refractivity contribution in [3.05, 3.63) is 0 Å². The molecule has 0 radical (unpaired) electrons. The first-order valence-corrected chi connectivity index (χ1v) is 6.30. The molecule has 0 saturated carbocycles. The average molecular weight is 270 g/mol. The van der Waals surface area contributed by atoms with Gasteiger partial charge in [0.1, 0.15) is 6.04 Å². The van der Waals surface area contributed by atoms with Crippen LogP contribution in [0.15, 0.2) is 0 Å². The Labute approximate surface area is 113 Å². The Morgan fingerprint density at radius 1 is 1.21 bits per heavy atom. The first kappa shape index (κ1) is 15.5. The Morgan fingerprint density at radius 3 is 2.21 bits per heavy atom. The van der Waals surface area contributed by atoms with Crippen molar-refractivity contribution in [2.24, 2.45) is 10.8 Å². The van der Waals surface area contributed by atoms with Gasteiger partial charge >= 0.3 is 12.0 Å². The molecule has 6 nitrogen and oxygen atoms in total. The van der Waals surface area contributed by atoms with E-state index in [1.54, 1.807) is 20.8 Å². The second-order valence-corrected chi connectivity index (χ2v) is 6.71. The van der Waals surface area contributed by atoms with Gasteiger partial charge in [-0.3, -0.25) is 14.9 Å². The third-order valence-electron chi connectivity index (χ3n) is 2.82. The Balaban J connectivity index is 2.50. The molecule has 0 aromatic rings. The first-order valence-electron chi connectivity index (χ1n) is 6.30. The maximum atomic E-state index is 11.7. The zero-order chi connectivity index (χ0) is 14.8. The van der Waals surface area contributed by atoms with Crippen molar-refractivity contribution in [1.82, 2.24) is 10.6 Å². The van der Waals surface area contributed by atoms with Gasteiger partial charge in [0.15, 0.2) is 0 Å². The molecule has 1 heterocycles. The minimum Gasteiger partial charge on any atom is -0.465 e. The normalized spacial score (nSPS) is 19.9. The van der Waals surface area contributed by atoms with E-state index in [-0.39, 0.29) is 23.9 Å². The van der Waals surface area contributed by atoms with Crippen molar-refractivity contribution in [2.45, 2.75) is 47.1 Å². The third-order valence-corrected chi connectivity index (χ3v) is 2.82. The van der Waals surface area contributed by atoms with Crippen LogP contribution in [0.3, 0.4) is 0 Å². The monoisotopic (exact) mass is 270 g/mol. The summed E-state index contributed by atoms with van der Waals surface area (Å²) in [5, 5.41) is 4.72. The minimum absolute atomic E-state index is 0.211. The molecule has 1 atom stereocenters. The van der Waals surface area contributed by atoms with Crippen LogP contribution in [0.1, 0.15) is 41.0 Å². The van der Waals surface area contributed by atoms with E-state index in [2.05, 4.69) is 10.6 Å². The lowest BCUT2D eigenvalue weighted by Crippen LogP contribution is -2.37. The van der Waals surface area contributed by atoms with Gasteiger partial charge in [0.25, 0.3) is 5.91 Å². The van der Waals surface area contributed by atoms with Crippen molar-refractivity contribution < 1.29 is 19.1 Å². The summed E-state index contributed by atoms with van der Waals surface area (Å²) in [6.07, 6.45) is 0.419. The van der Waals surface area contributed by atoms with Gasteiger partial charge in [0, 0.05) is 5.41 Å². The Morgan fingerprint density at radius 2 is 1.79 bits per heavy atom. The van der Waals surface area contributed by atoms with Crippen LogP contribution in [0, 0.1) is 10.8 Å². The van der Waals surface area contributed by atoms with Crippen LogP contribution in [-0.2, 0) is 14.3 Å². The summed E-state index contributed by atoms with van der Waals surface area (Å²) < 4.78 is 5.26. The fourth-order valence-electron chi connectivity index (χ4n) is 1.69. The fourth-order valence-corrected chi connectivity index (χ4v) is 1.69. The van der Waals surface area contributed by atoms with Crippen LogP contribution in [0.25, 0.3) is 0 Å². The SMILES string of the molecule is CC(C)(COC(=O)C(C)(C)C)CC1NC(=O)NC1=O. The quantitative estimate of drug-likeness (QED) is 0.594. The number of esters is 1. The Bertz CT molecular complexity index is 396. The molecule has 1 aliphatic rings. The highest BCUT2D eigenvalue weighted by atomic mass is 16.5. The molecule has 0 bridgehead atoms. The van der Waals surface area contributed by atoms with E-state index >= 15 is 0 Å². The summed E-state index contributed by atoms with van der Waals surface area (Å²) in [6, 6.07) is -1.03. The summed E-state index contributed by atoms with van der Waals surface area (Å²) >= 11 is 0. The number of hydrogen-bond acceptors (Lipinski definition) is 4. The van der Waals surface area contributed by atoms with Crippen molar-refractivity contribution in [3.8, 4) is 0 Å². The molecule has 19 heavy (non-hydrogen) atoms. The molecule has 6 heteroatoms. The van der Waals surface area contributed by atoms with Crippen LogP contribution >= 0.6 is 0 Å². The van der Waals surface area contributed by atoms with Crippen molar-refractivity contribution in [1.29, 1.82) is 0 Å². The number of amides is 3. The molecule has 0 aromatic carbocycles. The molecule has 1 fully saturated rings. The van der Waals surface area contributed by atoms with E-state index < -0.39 is 17.5 Å². The van der Waals surface area contributed by atoms with Gasteiger partial charge in [0.05, 0.1) is 12.0 Å². The number of rotatable bonds is 4. The topological polar surface area (TPSA) is 84.5 Å². The Hall–Kier alpha value is -1.59. The van der Waals surface area contributed by atoms with Crippen LogP contribution in [0.2, 0.25) is 0 Å². The third kappa shape index (κ3) is 4.54. The van der Waals surface area contributed by atoms with Gasteiger partial charge in [-0.2, -0.15) is 0 Å². The predicted octanol–water partition coefficient (Wildman–Crippen LogP) is 1.20. The molecule has 3 amide bonds. The number of ether oxygens (including phenoxy) is 1. The van der Waals surface area contributed by atoms with E-state index in [0.29, 0.717) is 6.42 Å². The average Bonchev–Trinajstić information content (AvgIpc) is 2.52. The summed E-state index contributed by atoms with van der Waals surface area (Å²) in [5.41, 5.74) is -0.935. The molecule has 2 N–H and O–H groups in total. The highest BCUT2D eigenvalue weighted by Crippen LogP contribution is 2.25. The summed E-state index contributed by atoms with van der Waals surface area (Å²) in [7, 11) is 0. The van der Waals surface area contributed by atoms with Gasteiger partial charge in [-0.1, -0.05) is 13.8 Å². The zero-order valence-corrected chi connectivity index (χ0v) is 12.1. The second-order valence-electron chi connectivity index (χ2n) is 6.71. The van der Waals surface area contributed by atoms with Crippen molar-refractivity contribution in [3.63, 3.8) is 0 Å². The molecule has 1 rings (SSSR count). The Kier molecular flexibility index (Phi) is 4.22. The van der Waals surface area contributed by atoms with Crippen LogP contribution in [0.4, 0.5) is 4.79 Å². The molecular weight excluding hydrogens is 248 g/mol. The van der Waals surface area contributed by atoms with Crippen LogP contribution < -0.4 is 10.6 Å². The van der Waals surface area contributed by atoms with Gasteiger partial charge in [0.2, 0.25) is 0 Å². The molecule has 0 spiro atoms. The van der Waals surface area contributed by atoms with Gasteiger partial charge in [-0.25, -0.2) is 4.79 Å². The van der Waals surface area contributed by atoms with E-state index in [4.69, 9.17) is 4.74 Å². The van der Waals surface area contributed by atoms with Gasteiger partial charge in [-0.05, 0) is 27.2 Å². The standard InChI is InChI=1S/C13H22N2O4/c1-12(2,3)10(17)19-7-13(4,5)6-8-9(16)15-11(18)14-8/h8H,6-7H2,1-5H3,(H2,14,15,16,18). The molecule has 0 aliphatic carbocycles. The fraction of sp³-hybridized carbons (Fsp3) is 0.769. The molecule has 0 aromatic heterocycles. The number of nitrogens with one attached hydrogen (secondary N) is 2. The molecule has 1 saturated heterocycles. The number of hydrogen-bond donors (Lipinski definition) is 2. The predicted molar refractivity (Wildman–Crippen MR) is 69.3 cm³/mol. The molecule has 1 aliphatic heterocycles. The van der Waals surface area contributed by atoms with Gasteiger partial charge in [-0.15, -0.1) is 0 Å². The maximum Gasteiger partial charge on any atom is 0.322 e. The van der Waals surface area contributed by atoms with Crippen LogP contribution in [0.5, 0.6) is 0 Å². The number of urea groups is 1. The van der Waals surface area contributed by atoms with Gasteiger partial charge < -0.3 is 10.1 Å². The number of carbonyl (C=O) groups is 3. The maximum absolute atomic E-state index is 11.7. The second kappa shape index (κ2) is 5.19. The van der Waals surface area contributed by atoms with E-state index in [1.165, 1.54) is 0 Å². The lowest BCUT2D eigenvalue weighted by molar-refractivity contribution is -0.156. The smallest absolute Gasteiger partial charge is 0.322 e. The molecule has 108 valence electrons. The highest BCUT2D eigenvalue weighted by Gasteiger charge is 2.35. The lowest BCUT2D eigenvalue weighted by Gasteiger charge is -2.28. The lowest BCUT2D eigenvalue weighted by atomic mass is 9.86. The largest absolute Gasteiger partial charge is 0.465 e. The summed E-state index contributed by atoms with van der Waals surface area (Å²) in [6.45, 7) is 9.34. The minimum atomic E-state index is -0.559. The molecule has 1 unspecified atom stereocenters. The van der Waals surface area contributed by atoms with E-state index in [0.717, 1.165) is 0 Å². The number of carbonyl (C=O) groups excluding carboxylic acids is 3. The first-order chi connectivity index (χ1) is 8.51. The highest BCUT2D eigenvalue weighted by molar-refractivity contribution is 6.04. The summed E-state index contributed by atoms with van der Waals surface area (Å²) in [5.74, 6) is -0.610. The van der Waals surface area contributed by atoms with Crippen molar-refractivity contribution in [2.75, 3.05) is 6.61 Å². The van der Waals surface area contributed by atoms with E-state index in [9.17, 15) is 14.4 Å². The van der Waals surface area contributed by atoms with E-state index in [1.807, 2.05) is 13.8 Å². The summed E-state index contributed by atoms with van der Waals surface area (Å²) in [4.78, 5) is 34.2. The molecular formula is C13H22N2O4. The number of imide groups is 1. The van der Waals surface area contributed by atoms with Crippen molar-refractivity contribution >= 4 is 17.9 Å². The van der Waals surface area contributed by atoms with Crippen LogP contribution in [-0.4, -0.2) is 30.6 Å².